The minimum absolute atomic E-state index is 0.379. The summed E-state index contributed by atoms with van der Waals surface area (Å²) in [6.45, 7) is 5.99. The highest BCUT2D eigenvalue weighted by Gasteiger charge is 2.26. The molecule has 2 atom stereocenters. The van der Waals surface area contributed by atoms with Crippen LogP contribution in [0.15, 0.2) is 0 Å². The van der Waals surface area contributed by atoms with Crippen molar-refractivity contribution in [3.8, 4) is 0 Å². The van der Waals surface area contributed by atoms with Crippen molar-refractivity contribution in [2.24, 2.45) is 11.7 Å². The van der Waals surface area contributed by atoms with Crippen molar-refractivity contribution in [3.05, 3.63) is 0 Å². The van der Waals surface area contributed by atoms with Gasteiger partial charge in [-0.15, -0.1) is 0 Å². The summed E-state index contributed by atoms with van der Waals surface area (Å²) in [6.07, 6.45) is 8.85. The smallest absolute Gasteiger partial charge is 0.0674 e. The number of nitrogens with zero attached hydrogens (tertiary/aromatic N) is 1. The lowest BCUT2D eigenvalue weighted by atomic mass is 9.84. The average Bonchev–Trinajstić information content (AvgIpc) is 2.37. The molecule has 0 bridgehead atoms. The SMILES string of the molecule is CC1CN(C(CN)CC2CCCCC2)CCO1. The molecule has 1 saturated heterocycles. The first kappa shape index (κ1) is 13.3. The van der Waals surface area contributed by atoms with Crippen LogP contribution in [0.25, 0.3) is 0 Å². The van der Waals surface area contributed by atoms with Gasteiger partial charge in [-0.2, -0.15) is 0 Å². The van der Waals surface area contributed by atoms with Crippen molar-refractivity contribution in [1.29, 1.82) is 0 Å². The van der Waals surface area contributed by atoms with E-state index in [1.54, 1.807) is 0 Å². The second kappa shape index (κ2) is 6.72. The lowest BCUT2D eigenvalue weighted by Gasteiger charge is -2.38. The molecule has 17 heavy (non-hydrogen) atoms. The van der Waals surface area contributed by atoms with E-state index in [4.69, 9.17) is 10.5 Å². The fourth-order valence-electron chi connectivity index (χ4n) is 3.38. The second-order valence-corrected chi connectivity index (χ2v) is 5.81. The van der Waals surface area contributed by atoms with Gasteiger partial charge in [0.2, 0.25) is 0 Å². The van der Waals surface area contributed by atoms with E-state index in [0.717, 1.165) is 32.2 Å². The number of ether oxygens (including phenoxy) is 1. The molecule has 2 aliphatic rings. The highest BCUT2D eigenvalue weighted by atomic mass is 16.5. The molecule has 1 aliphatic heterocycles. The molecule has 0 spiro atoms. The fraction of sp³-hybridized carbons (Fsp3) is 1.00. The van der Waals surface area contributed by atoms with E-state index < -0.39 is 0 Å². The third-order valence-electron chi connectivity index (χ3n) is 4.39. The van der Waals surface area contributed by atoms with E-state index in [9.17, 15) is 0 Å². The molecule has 1 aliphatic carbocycles. The van der Waals surface area contributed by atoms with E-state index in [0.29, 0.717) is 12.1 Å². The Morgan fingerprint density at radius 2 is 2.06 bits per heavy atom. The van der Waals surface area contributed by atoms with Gasteiger partial charge in [-0.25, -0.2) is 0 Å². The molecule has 1 saturated carbocycles. The summed E-state index contributed by atoms with van der Waals surface area (Å²) in [5, 5.41) is 0. The Bertz CT molecular complexity index is 216. The van der Waals surface area contributed by atoms with E-state index in [-0.39, 0.29) is 0 Å². The van der Waals surface area contributed by atoms with Crippen molar-refractivity contribution in [2.75, 3.05) is 26.2 Å². The predicted octanol–water partition coefficient (Wildman–Crippen LogP) is 2.00. The molecule has 2 fully saturated rings. The molecule has 2 rings (SSSR count). The van der Waals surface area contributed by atoms with Crippen LogP contribution in [0.1, 0.15) is 45.4 Å². The van der Waals surface area contributed by atoms with Gasteiger partial charge < -0.3 is 10.5 Å². The number of hydrogen-bond acceptors (Lipinski definition) is 3. The Kier molecular flexibility index (Phi) is 5.26. The van der Waals surface area contributed by atoms with Crippen LogP contribution in [0.5, 0.6) is 0 Å². The Morgan fingerprint density at radius 1 is 1.29 bits per heavy atom. The van der Waals surface area contributed by atoms with Gasteiger partial charge in [0.15, 0.2) is 0 Å². The van der Waals surface area contributed by atoms with Crippen molar-refractivity contribution < 1.29 is 4.74 Å². The maximum Gasteiger partial charge on any atom is 0.0674 e. The van der Waals surface area contributed by atoms with Gasteiger partial charge in [-0.3, -0.25) is 4.90 Å². The first-order chi connectivity index (χ1) is 8.29. The standard InChI is InChI=1S/C14H28N2O/c1-12-11-16(7-8-17-12)14(10-15)9-13-5-3-2-4-6-13/h12-14H,2-11,15H2,1H3. The largest absolute Gasteiger partial charge is 0.376 e. The van der Waals surface area contributed by atoms with Crippen molar-refractivity contribution in [3.63, 3.8) is 0 Å². The second-order valence-electron chi connectivity index (χ2n) is 5.81. The summed E-state index contributed by atoms with van der Waals surface area (Å²) >= 11 is 0. The summed E-state index contributed by atoms with van der Waals surface area (Å²) in [5.74, 6) is 0.926. The van der Waals surface area contributed by atoms with E-state index in [1.165, 1.54) is 38.5 Å². The number of rotatable bonds is 4. The Balaban J connectivity index is 1.82. The topological polar surface area (TPSA) is 38.5 Å². The summed E-state index contributed by atoms with van der Waals surface area (Å²) in [5.41, 5.74) is 5.98. The van der Waals surface area contributed by atoms with Gasteiger partial charge in [-0.1, -0.05) is 32.1 Å². The third-order valence-corrected chi connectivity index (χ3v) is 4.39. The van der Waals surface area contributed by atoms with Gasteiger partial charge in [0.1, 0.15) is 0 Å². The molecule has 0 amide bonds. The molecule has 2 N–H and O–H groups in total. The van der Waals surface area contributed by atoms with Gasteiger partial charge in [0.05, 0.1) is 12.7 Å². The summed E-state index contributed by atoms with van der Waals surface area (Å²) in [6, 6.07) is 0.587. The van der Waals surface area contributed by atoms with Crippen LogP contribution in [0.4, 0.5) is 0 Å². The average molecular weight is 240 g/mol. The zero-order valence-electron chi connectivity index (χ0n) is 11.2. The fourth-order valence-corrected chi connectivity index (χ4v) is 3.38. The van der Waals surface area contributed by atoms with Crippen LogP contribution in [-0.2, 0) is 4.74 Å². The van der Waals surface area contributed by atoms with Gasteiger partial charge in [0.25, 0.3) is 0 Å². The molecular weight excluding hydrogens is 212 g/mol. The van der Waals surface area contributed by atoms with Gasteiger partial charge in [-0.05, 0) is 19.3 Å². The van der Waals surface area contributed by atoms with Crippen LogP contribution < -0.4 is 5.73 Å². The molecule has 3 heteroatoms. The van der Waals surface area contributed by atoms with Crippen LogP contribution in [-0.4, -0.2) is 43.3 Å². The van der Waals surface area contributed by atoms with Gasteiger partial charge >= 0.3 is 0 Å². The molecule has 1 heterocycles. The van der Waals surface area contributed by atoms with Gasteiger partial charge in [0, 0.05) is 25.7 Å². The maximum atomic E-state index is 5.98. The molecule has 2 unspecified atom stereocenters. The molecule has 0 aromatic heterocycles. The summed E-state index contributed by atoms with van der Waals surface area (Å²) in [4.78, 5) is 2.56. The molecule has 100 valence electrons. The molecule has 0 radical (unpaired) electrons. The van der Waals surface area contributed by atoms with Crippen LogP contribution in [0.3, 0.4) is 0 Å². The number of hydrogen-bond donors (Lipinski definition) is 1. The Morgan fingerprint density at radius 3 is 2.71 bits per heavy atom. The monoisotopic (exact) mass is 240 g/mol. The normalized spacial score (nSPS) is 30.4. The highest BCUT2D eigenvalue weighted by molar-refractivity contribution is 4.81. The third kappa shape index (κ3) is 3.94. The van der Waals surface area contributed by atoms with Crippen molar-refractivity contribution in [2.45, 2.75) is 57.6 Å². The predicted molar refractivity (Wildman–Crippen MR) is 71.0 cm³/mol. The van der Waals surface area contributed by atoms with E-state index in [1.807, 2.05) is 0 Å². The van der Waals surface area contributed by atoms with E-state index in [2.05, 4.69) is 11.8 Å². The lowest BCUT2D eigenvalue weighted by Crippen LogP contribution is -2.50. The molecule has 3 nitrogen and oxygen atoms in total. The summed E-state index contributed by atoms with van der Waals surface area (Å²) < 4.78 is 5.61. The first-order valence-electron chi connectivity index (χ1n) is 7.35. The lowest BCUT2D eigenvalue weighted by molar-refractivity contribution is -0.0366. The van der Waals surface area contributed by atoms with Crippen LogP contribution in [0, 0.1) is 5.92 Å². The molecule has 0 aromatic carbocycles. The quantitative estimate of drug-likeness (QED) is 0.817. The maximum absolute atomic E-state index is 5.98. The minimum atomic E-state index is 0.379. The summed E-state index contributed by atoms with van der Waals surface area (Å²) in [7, 11) is 0. The molecule has 0 aromatic rings. The molecular formula is C14H28N2O. The van der Waals surface area contributed by atoms with Crippen LogP contribution >= 0.6 is 0 Å². The highest BCUT2D eigenvalue weighted by Crippen LogP contribution is 2.28. The Hall–Kier alpha value is -0.120. The van der Waals surface area contributed by atoms with Crippen molar-refractivity contribution in [1.82, 2.24) is 4.90 Å². The van der Waals surface area contributed by atoms with Crippen LogP contribution in [0.2, 0.25) is 0 Å². The Labute approximate surface area is 106 Å². The zero-order chi connectivity index (χ0) is 12.1. The minimum Gasteiger partial charge on any atom is -0.376 e. The first-order valence-corrected chi connectivity index (χ1v) is 7.35. The number of morpholine rings is 1. The van der Waals surface area contributed by atoms with E-state index >= 15 is 0 Å². The van der Waals surface area contributed by atoms with Crippen molar-refractivity contribution >= 4 is 0 Å². The number of nitrogens with two attached hydrogens (primary N) is 1. The zero-order valence-corrected chi connectivity index (χ0v) is 11.2.